The Morgan fingerprint density at radius 2 is 0.853 bits per heavy atom. The van der Waals surface area contributed by atoms with Crippen LogP contribution in [-0.2, 0) is 23.7 Å². The van der Waals surface area contributed by atoms with E-state index in [0.29, 0.717) is 30.3 Å². The number of carboxylic acids is 1. The normalized spacial score (nSPS) is 19.9. The molecule has 3 aliphatic rings. The molecule has 3 aliphatic heterocycles. The van der Waals surface area contributed by atoms with E-state index < -0.39 is 209 Å². The Labute approximate surface area is 373 Å². The first-order valence-electron chi connectivity index (χ1n) is 18.7. The second kappa shape index (κ2) is 15.8. The van der Waals surface area contributed by atoms with Gasteiger partial charge in [0.1, 0.15) is 18.3 Å². The number of phenols is 14. The lowest BCUT2D eigenvalue weighted by atomic mass is 9.91. The average Bonchev–Trinajstić information content (AvgIpc) is 3.30. The second-order valence-electron chi connectivity index (χ2n) is 14.7. The third-order valence-electron chi connectivity index (χ3n) is 10.7. The fourth-order valence-electron chi connectivity index (χ4n) is 7.53. The standard InChI is InChI=1S/C41H28O27/c42-12-1-7-18(27(51)22(12)46)21-10(5-16(26(50)30(21)54)64-32-11(36(56)57)4-15(45)25(49)31(32)55)40(61)66-33-17(6-63-37(7)58)65-41(62)35-34(33)67-38(59)8-2-13(43)23(47)28(52)19(8)20-9(39(60)68-35)3-14(44)24(48)29(20)53/h1-5,17,33-35,41-55,62H,6H2,(H,56,57). The highest BCUT2D eigenvalue weighted by Gasteiger charge is 2.54. The van der Waals surface area contributed by atoms with E-state index in [1.54, 1.807) is 0 Å². The van der Waals surface area contributed by atoms with Crippen LogP contribution in [0.4, 0.5) is 0 Å². The molecule has 5 atom stereocenters. The number of carbonyl (C=O) groups excluding carboxylic acids is 4. The molecule has 0 radical (unpaired) electrons. The van der Waals surface area contributed by atoms with Gasteiger partial charge in [0.2, 0.25) is 34.5 Å². The maximum atomic E-state index is 14.7. The summed E-state index contributed by atoms with van der Waals surface area (Å²) in [6.45, 7) is -1.20. The van der Waals surface area contributed by atoms with Gasteiger partial charge in [-0.1, -0.05) is 0 Å². The number of ether oxygens (including phenoxy) is 6. The summed E-state index contributed by atoms with van der Waals surface area (Å²) in [5.41, 5.74) is -9.88. The summed E-state index contributed by atoms with van der Waals surface area (Å²) in [6, 6.07) is 2.05. The van der Waals surface area contributed by atoms with Crippen molar-refractivity contribution in [2.75, 3.05) is 6.61 Å². The van der Waals surface area contributed by atoms with Gasteiger partial charge < -0.3 is 110 Å². The molecule has 27 heteroatoms. The van der Waals surface area contributed by atoms with E-state index in [9.17, 15) is 106 Å². The number of carboxylic acid groups (broad SMARTS) is 1. The summed E-state index contributed by atoms with van der Waals surface area (Å²) in [6.07, 6.45) is -11.9. The Morgan fingerprint density at radius 1 is 0.471 bits per heavy atom. The largest absolute Gasteiger partial charge is 0.504 e. The number of hydrogen-bond acceptors (Lipinski definition) is 26. The SMILES string of the molecule is O=C(O)c1cc(O)c(O)c(O)c1Oc1cc2c(c(O)c1O)-c1c(cc(O)c(O)c1O)C(=O)OCC1OC(O)C3OC(=O)c4cc(O)c(O)c(O)c4-c4c(cc(O)c(O)c4O)C(=O)OC3C1OC2=O. The molecular weight excluding hydrogens is 924 g/mol. The average molecular weight is 953 g/mol. The number of aromatic carboxylic acids is 1. The quantitative estimate of drug-likeness (QED) is 0.0693. The van der Waals surface area contributed by atoms with Gasteiger partial charge in [0.25, 0.3) is 0 Å². The van der Waals surface area contributed by atoms with Gasteiger partial charge >= 0.3 is 29.8 Å². The number of aliphatic hydroxyl groups is 1. The van der Waals surface area contributed by atoms with Crippen LogP contribution in [0.25, 0.3) is 22.3 Å². The minimum absolute atomic E-state index is 0.372. The van der Waals surface area contributed by atoms with Crippen molar-refractivity contribution in [1.29, 1.82) is 0 Å². The lowest BCUT2D eigenvalue weighted by Crippen LogP contribution is -2.62. The molecule has 354 valence electrons. The second-order valence-corrected chi connectivity index (χ2v) is 14.7. The minimum Gasteiger partial charge on any atom is -0.504 e. The Kier molecular flexibility index (Phi) is 10.5. The molecule has 0 aliphatic carbocycles. The molecule has 0 aromatic heterocycles. The van der Waals surface area contributed by atoms with Crippen molar-refractivity contribution in [2.24, 2.45) is 0 Å². The van der Waals surface area contributed by atoms with Crippen LogP contribution in [0.1, 0.15) is 51.8 Å². The van der Waals surface area contributed by atoms with E-state index in [1.165, 1.54) is 0 Å². The molecule has 1 saturated heterocycles. The molecule has 0 spiro atoms. The molecule has 0 saturated carbocycles. The van der Waals surface area contributed by atoms with Gasteiger partial charge in [-0.2, -0.15) is 0 Å². The van der Waals surface area contributed by atoms with Crippen LogP contribution in [0, 0.1) is 0 Å². The molecule has 1 fully saturated rings. The van der Waals surface area contributed by atoms with Gasteiger partial charge in [-0.25, -0.2) is 24.0 Å². The lowest BCUT2D eigenvalue weighted by molar-refractivity contribution is -0.284. The number of phenolic OH excluding ortho intramolecular Hbond substituents is 14. The Balaban J connectivity index is 1.35. The van der Waals surface area contributed by atoms with Crippen molar-refractivity contribution in [3.8, 4) is 114 Å². The zero-order valence-electron chi connectivity index (χ0n) is 33.1. The highest BCUT2D eigenvalue weighted by Crippen LogP contribution is 2.57. The van der Waals surface area contributed by atoms with Crippen LogP contribution in [0.2, 0.25) is 0 Å². The van der Waals surface area contributed by atoms with Crippen LogP contribution in [0.15, 0.2) is 30.3 Å². The molecule has 8 rings (SSSR count). The Hall–Kier alpha value is -9.63. The molecular formula is C41H28O27. The number of aromatic hydroxyl groups is 14. The summed E-state index contributed by atoms with van der Waals surface area (Å²) < 4.78 is 32.8. The fourth-order valence-corrected chi connectivity index (χ4v) is 7.53. The van der Waals surface area contributed by atoms with Crippen molar-refractivity contribution >= 4 is 29.8 Å². The van der Waals surface area contributed by atoms with Crippen LogP contribution >= 0.6 is 0 Å². The van der Waals surface area contributed by atoms with E-state index in [-0.39, 0.29) is 0 Å². The van der Waals surface area contributed by atoms with Gasteiger partial charge in [0.15, 0.2) is 82.1 Å². The number of fused-ring (bicyclic) bond motifs is 9. The third kappa shape index (κ3) is 6.80. The van der Waals surface area contributed by atoms with Crippen molar-refractivity contribution in [1.82, 2.24) is 0 Å². The predicted molar refractivity (Wildman–Crippen MR) is 209 cm³/mol. The van der Waals surface area contributed by atoms with Crippen LogP contribution < -0.4 is 4.74 Å². The summed E-state index contributed by atoms with van der Waals surface area (Å²) in [5.74, 6) is -30.9. The molecule has 3 heterocycles. The summed E-state index contributed by atoms with van der Waals surface area (Å²) in [7, 11) is 0. The Bertz CT molecular complexity index is 3100. The smallest absolute Gasteiger partial charge is 0.339 e. The number of rotatable bonds is 3. The van der Waals surface area contributed by atoms with Crippen LogP contribution in [0.5, 0.6) is 92.0 Å². The molecule has 5 aromatic rings. The number of aliphatic hydroxyl groups excluding tert-OH is 1. The van der Waals surface area contributed by atoms with Crippen molar-refractivity contribution in [3.05, 3.63) is 58.1 Å². The van der Waals surface area contributed by atoms with Crippen molar-refractivity contribution in [2.45, 2.75) is 30.7 Å². The number of hydrogen-bond donors (Lipinski definition) is 16. The van der Waals surface area contributed by atoms with Crippen LogP contribution in [-0.4, -0.2) is 149 Å². The fraction of sp³-hybridized carbons (Fsp3) is 0.146. The number of benzene rings is 5. The zero-order chi connectivity index (χ0) is 49.7. The van der Waals surface area contributed by atoms with E-state index in [1.807, 2.05) is 0 Å². The van der Waals surface area contributed by atoms with Gasteiger partial charge in [0.05, 0.1) is 22.3 Å². The van der Waals surface area contributed by atoms with E-state index in [4.69, 9.17) is 28.4 Å². The number of esters is 4. The first kappa shape index (κ1) is 45.0. The molecule has 0 bridgehead atoms. The van der Waals surface area contributed by atoms with Gasteiger partial charge in [-0.05, 0) is 18.2 Å². The van der Waals surface area contributed by atoms with Crippen LogP contribution in [0.3, 0.4) is 0 Å². The third-order valence-corrected chi connectivity index (χ3v) is 10.7. The summed E-state index contributed by atoms with van der Waals surface area (Å²) >= 11 is 0. The first-order valence-corrected chi connectivity index (χ1v) is 18.7. The molecule has 5 unspecified atom stereocenters. The molecule has 68 heavy (non-hydrogen) atoms. The number of cyclic esters (lactones) is 1. The number of carbonyl (C=O) groups is 5. The zero-order valence-corrected chi connectivity index (χ0v) is 33.1. The maximum absolute atomic E-state index is 14.7. The molecule has 27 nitrogen and oxygen atoms in total. The van der Waals surface area contributed by atoms with E-state index >= 15 is 0 Å². The van der Waals surface area contributed by atoms with E-state index in [0.717, 1.165) is 0 Å². The maximum Gasteiger partial charge on any atom is 0.339 e. The van der Waals surface area contributed by atoms with Crippen molar-refractivity contribution < 1.29 is 134 Å². The Morgan fingerprint density at radius 3 is 1.32 bits per heavy atom. The monoisotopic (exact) mass is 952 g/mol. The minimum atomic E-state index is -2.52. The first-order chi connectivity index (χ1) is 31.9. The predicted octanol–water partition coefficient (Wildman–Crippen LogP) is 1.57. The van der Waals surface area contributed by atoms with Crippen molar-refractivity contribution in [3.63, 3.8) is 0 Å². The van der Waals surface area contributed by atoms with Gasteiger partial charge in [0, 0.05) is 34.4 Å². The molecule has 0 amide bonds. The van der Waals surface area contributed by atoms with Gasteiger partial charge in [-0.3, -0.25) is 0 Å². The lowest BCUT2D eigenvalue weighted by Gasteiger charge is -2.43. The topological polar surface area (TPSA) is 464 Å². The van der Waals surface area contributed by atoms with E-state index in [2.05, 4.69) is 0 Å². The molecule has 5 aromatic carbocycles. The summed E-state index contributed by atoms with van der Waals surface area (Å²) in [5, 5.41) is 170. The highest BCUT2D eigenvalue weighted by molar-refractivity contribution is 6.10. The summed E-state index contributed by atoms with van der Waals surface area (Å²) in [4.78, 5) is 68.8. The van der Waals surface area contributed by atoms with Gasteiger partial charge in [-0.15, -0.1) is 0 Å². The highest BCUT2D eigenvalue weighted by atomic mass is 16.7. The molecule has 16 N–H and O–H groups in total.